The van der Waals surface area contributed by atoms with E-state index in [2.05, 4.69) is 5.32 Å². The number of amides is 2. The fraction of sp³-hybridized carbons (Fsp3) is 0.250. The predicted octanol–water partition coefficient (Wildman–Crippen LogP) is 2.33. The Morgan fingerprint density at radius 2 is 1.81 bits per heavy atom. The number of nitrogens with zero attached hydrogens (tertiary/aromatic N) is 2. The van der Waals surface area contributed by atoms with Gasteiger partial charge in [-0.2, -0.15) is 0 Å². The number of carbonyl (C=O) groups is 2. The molecule has 1 unspecified atom stereocenters. The molecule has 3 rings (SSSR count). The van der Waals surface area contributed by atoms with Crippen LogP contribution in [0, 0.1) is 0 Å². The maximum atomic E-state index is 12.9. The Balaban J connectivity index is 1.80. The van der Waals surface area contributed by atoms with Crippen molar-refractivity contribution in [3.05, 3.63) is 60.2 Å². The monoisotopic (exact) mass is 383 g/mol. The van der Waals surface area contributed by atoms with Gasteiger partial charge in [-0.15, -0.1) is 0 Å². The lowest BCUT2D eigenvalue weighted by Crippen LogP contribution is -2.48. The lowest BCUT2D eigenvalue weighted by atomic mass is 10.1. The molecule has 1 aliphatic rings. The first-order valence-corrected chi connectivity index (χ1v) is 9.01. The first kappa shape index (κ1) is 18.8. The van der Waals surface area contributed by atoms with Crippen molar-refractivity contribution in [2.45, 2.75) is 19.5 Å². The van der Waals surface area contributed by atoms with E-state index in [0.29, 0.717) is 23.8 Å². The quantitative estimate of drug-likeness (QED) is 0.776. The van der Waals surface area contributed by atoms with Gasteiger partial charge >= 0.3 is 0 Å². The lowest BCUT2D eigenvalue weighted by Gasteiger charge is -2.24. The largest absolute Gasteiger partial charge is 0.497 e. The molecule has 1 fully saturated rings. The number of hydrogen-bond donors (Lipinski definition) is 1. The van der Waals surface area contributed by atoms with Crippen molar-refractivity contribution in [1.82, 2.24) is 10.2 Å². The van der Waals surface area contributed by atoms with Gasteiger partial charge in [0.1, 0.15) is 5.75 Å². The molecule has 1 saturated heterocycles. The number of nitrogens with one attached hydrogen (secondary N) is 1. The number of carbonyl (C=O) groups excluding carboxylic acids is 2. The second kappa shape index (κ2) is 8.18. The predicted molar refractivity (Wildman–Crippen MR) is 108 cm³/mol. The summed E-state index contributed by atoms with van der Waals surface area (Å²) < 4.78 is 5.17. The molecule has 1 aliphatic heterocycles. The summed E-state index contributed by atoms with van der Waals surface area (Å²) in [6, 6.07) is 16.9. The highest BCUT2D eigenvalue weighted by Crippen LogP contribution is 2.25. The molecule has 1 heterocycles. The van der Waals surface area contributed by atoms with Gasteiger partial charge in [0, 0.05) is 13.5 Å². The molecule has 0 bridgehead atoms. The maximum absolute atomic E-state index is 12.9. The van der Waals surface area contributed by atoms with Crippen molar-refractivity contribution in [3.8, 4) is 5.75 Å². The molecular weight excluding hydrogens is 362 g/mol. The van der Waals surface area contributed by atoms with Gasteiger partial charge in [0.05, 0.1) is 12.8 Å². The van der Waals surface area contributed by atoms with E-state index in [9.17, 15) is 9.59 Å². The minimum absolute atomic E-state index is 0.254. The standard InChI is InChI=1S/C20H21N3O3S/c1-14(24)21-18-19(25)23(16-6-4-3-5-7-16)20(27)22(18)13-12-15-8-10-17(26-2)11-9-15/h3-11,18H,12-13H2,1-2H3,(H,21,24). The molecule has 2 aromatic carbocycles. The zero-order valence-electron chi connectivity index (χ0n) is 15.2. The highest BCUT2D eigenvalue weighted by atomic mass is 32.1. The number of para-hydroxylation sites is 1. The van der Waals surface area contributed by atoms with Crippen molar-refractivity contribution in [3.63, 3.8) is 0 Å². The van der Waals surface area contributed by atoms with Gasteiger partial charge in [0.15, 0.2) is 11.3 Å². The Hall–Kier alpha value is -2.93. The summed E-state index contributed by atoms with van der Waals surface area (Å²) in [5.41, 5.74) is 1.78. The molecule has 7 heteroatoms. The zero-order valence-corrected chi connectivity index (χ0v) is 16.0. The van der Waals surface area contributed by atoms with Crippen LogP contribution in [0.4, 0.5) is 5.69 Å². The number of anilines is 1. The van der Waals surface area contributed by atoms with Gasteiger partial charge in [0.25, 0.3) is 5.91 Å². The highest BCUT2D eigenvalue weighted by Gasteiger charge is 2.43. The Morgan fingerprint density at radius 1 is 1.15 bits per heavy atom. The molecule has 27 heavy (non-hydrogen) atoms. The molecule has 0 radical (unpaired) electrons. The topological polar surface area (TPSA) is 61.9 Å². The second-order valence-corrected chi connectivity index (χ2v) is 6.55. The summed E-state index contributed by atoms with van der Waals surface area (Å²) in [6.45, 7) is 1.90. The van der Waals surface area contributed by atoms with Crippen molar-refractivity contribution in [2.24, 2.45) is 0 Å². The van der Waals surface area contributed by atoms with Crippen molar-refractivity contribution in [2.75, 3.05) is 18.6 Å². The van der Waals surface area contributed by atoms with E-state index in [1.807, 2.05) is 54.6 Å². The molecule has 0 aliphatic carbocycles. The summed E-state index contributed by atoms with van der Waals surface area (Å²) in [4.78, 5) is 27.8. The summed E-state index contributed by atoms with van der Waals surface area (Å²) in [7, 11) is 1.62. The minimum Gasteiger partial charge on any atom is -0.497 e. The van der Waals surface area contributed by atoms with Crippen molar-refractivity contribution < 1.29 is 14.3 Å². The molecular formula is C20H21N3O3S. The van der Waals surface area contributed by atoms with Crippen LogP contribution in [-0.4, -0.2) is 41.6 Å². The van der Waals surface area contributed by atoms with Crippen LogP contribution in [0.3, 0.4) is 0 Å². The zero-order chi connectivity index (χ0) is 19.4. The van der Waals surface area contributed by atoms with Gasteiger partial charge in [-0.25, -0.2) is 0 Å². The minimum atomic E-state index is -0.798. The molecule has 1 atom stereocenters. The normalized spacial score (nSPS) is 16.6. The molecule has 140 valence electrons. The van der Waals surface area contributed by atoms with E-state index >= 15 is 0 Å². The van der Waals surface area contributed by atoms with Crippen LogP contribution in [0.5, 0.6) is 5.75 Å². The fourth-order valence-corrected chi connectivity index (χ4v) is 3.39. The third kappa shape index (κ3) is 4.09. The molecule has 2 amide bonds. The van der Waals surface area contributed by atoms with E-state index in [1.54, 1.807) is 12.0 Å². The van der Waals surface area contributed by atoms with E-state index in [1.165, 1.54) is 11.8 Å². The first-order chi connectivity index (χ1) is 13.0. The average molecular weight is 383 g/mol. The van der Waals surface area contributed by atoms with Gasteiger partial charge in [-0.3, -0.25) is 14.5 Å². The van der Waals surface area contributed by atoms with E-state index < -0.39 is 6.17 Å². The number of methoxy groups -OCH3 is 1. The van der Waals surface area contributed by atoms with Crippen LogP contribution in [0.2, 0.25) is 0 Å². The SMILES string of the molecule is COc1ccc(CCN2C(=S)N(c3ccccc3)C(=O)C2NC(C)=O)cc1. The van der Waals surface area contributed by atoms with Crippen molar-refractivity contribution >= 4 is 34.8 Å². The van der Waals surface area contributed by atoms with Crippen LogP contribution in [0.1, 0.15) is 12.5 Å². The lowest BCUT2D eigenvalue weighted by molar-refractivity contribution is -0.127. The molecule has 0 saturated carbocycles. The summed E-state index contributed by atoms with van der Waals surface area (Å²) in [6.07, 6.45) is -0.121. The maximum Gasteiger partial charge on any atom is 0.276 e. The van der Waals surface area contributed by atoms with Crippen molar-refractivity contribution in [1.29, 1.82) is 0 Å². The Bertz CT molecular complexity index is 839. The van der Waals surface area contributed by atoms with Gasteiger partial charge in [0.2, 0.25) is 5.91 Å². The van der Waals surface area contributed by atoms with E-state index in [-0.39, 0.29) is 11.8 Å². The molecule has 6 nitrogen and oxygen atoms in total. The first-order valence-electron chi connectivity index (χ1n) is 8.61. The number of thiocarbonyl (C=S) groups is 1. The fourth-order valence-electron chi connectivity index (χ4n) is 3.00. The van der Waals surface area contributed by atoms with Gasteiger partial charge < -0.3 is 15.0 Å². The summed E-state index contributed by atoms with van der Waals surface area (Å²) in [5.74, 6) is 0.258. The smallest absolute Gasteiger partial charge is 0.276 e. The van der Waals surface area contributed by atoms with Crippen LogP contribution < -0.4 is 15.0 Å². The molecule has 0 aromatic heterocycles. The number of ether oxygens (including phenoxy) is 1. The van der Waals surface area contributed by atoms with Crippen LogP contribution >= 0.6 is 12.2 Å². The van der Waals surface area contributed by atoms with Crippen LogP contribution in [0.15, 0.2) is 54.6 Å². The Morgan fingerprint density at radius 3 is 2.41 bits per heavy atom. The highest BCUT2D eigenvalue weighted by molar-refractivity contribution is 7.80. The second-order valence-electron chi connectivity index (χ2n) is 6.19. The van der Waals surface area contributed by atoms with E-state index in [0.717, 1.165) is 11.3 Å². The number of benzene rings is 2. The van der Waals surface area contributed by atoms with Gasteiger partial charge in [-0.05, 0) is 48.5 Å². The van der Waals surface area contributed by atoms with Crippen LogP contribution in [0.25, 0.3) is 0 Å². The summed E-state index contributed by atoms with van der Waals surface area (Å²) in [5, 5.41) is 3.10. The number of hydrogen-bond acceptors (Lipinski definition) is 4. The average Bonchev–Trinajstić information content (AvgIpc) is 2.90. The third-order valence-electron chi connectivity index (χ3n) is 4.36. The number of rotatable bonds is 6. The van der Waals surface area contributed by atoms with Gasteiger partial charge in [-0.1, -0.05) is 30.3 Å². The Labute approximate surface area is 163 Å². The molecule has 1 N–H and O–H groups in total. The third-order valence-corrected chi connectivity index (χ3v) is 4.77. The summed E-state index contributed by atoms with van der Waals surface area (Å²) >= 11 is 5.57. The van der Waals surface area contributed by atoms with E-state index in [4.69, 9.17) is 17.0 Å². The molecule has 2 aromatic rings. The molecule has 0 spiro atoms. The Kier molecular flexibility index (Phi) is 5.71. The van der Waals surface area contributed by atoms with Crippen LogP contribution in [-0.2, 0) is 16.0 Å².